The number of aryl methyl sites for hydroxylation is 2. The quantitative estimate of drug-likeness (QED) is 0.656. The summed E-state index contributed by atoms with van der Waals surface area (Å²) in [5, 5.41) is 10.3. The van der Waals surface area contributed by atoms with Crippen LogP contribution in [0.25, 0.3) is 5.69 Å². The first-order chi connectivity index (χ1) is 14.5. The monoisotopic (exact) mass is 420 g/mol. The van der Waals surface area contributed by atoms with Crippen LogP contribution < -0.4 is 10.6 Å². The Morgan fingerprint density at radius 3 is 2.70 bits per heavy atom. The standard InChI is InChI=1S/C23H24N4O2S/c1-15-13-16(2)27(26-15)19-6-3-17(4-7-19)9-11-24-23(29)18-5-8-21-20(14-18)25-22(28)10-12-30-21/h3-8,13-14H,9-12H2,1-2H3,(H,24,29)(H,25,28). The smallest absolute Gasteiger partial charge is 0.251 e. The van der Waals surface area contributed by atoms with E-state index in [0.717, 1.165) is 45.4 Å². The van der Waals surface area contributed by atoms with Gasteiger partial charge in [-0.25, -0.2) is 4.68 Å². The lowest BCUT2D eigenvalue weighted by atomic mass is 10.1. The molecule has 2 aromatic carbocycles. The van der Waals surface area contributed by atoms with Crippen molar-refractivity contribution in [3.05, 3.63) is 71.0 Å². The van der Waals surface area contributed by atoms with Gasteiger partial charge in [0.05, 0.1) is 17.1 Å². The van der Waals surface area contributed by atoms with E-state index in [1.54, 1.807) is 17.8 Å². The third kappa shape index (κ3) is 4.57. The van der Waals surface area contributed by atoms with Gasteiger partial charge in [-0.3, -0.25) is 9.59 Å². The number of benzene rings is 2. The number of aromatic nitrogens is 2. The zero-order valence-corrected chi connectivity index (χ0v) is 17.9. The van der Waals surface area contributed by atoms with Crippen LogP contribution in [-0.2, 0) is 11.2 Å². The number of anilines is 1. The van der Waals surface area contributed by atoms with Crippen LogP contribution in [-0.4, -0.2) is 33.9 Å². The molecule has 0 atom stereocenters. The van der Waals surface area contributed by atoms with E-state index < -0.39 is 0 Å². The number of amides is 2. The van der Waals surface area contributed by atoms with Gasteiger partial charge in [0.2, 0.25) is 5.91 Å². The van der Waals surface area contributed by atoms with Gasteiger partial charge in [0.1, 0.15) is 0 Å². The van der Waals surface area contributed by atoms with Crippen LogP contribution in [0.3, 0.4) is 0 Å². The third-order valence-electron chi connectivity index (χ3n) is 4.99. The summed E-state index contributed by atoms with van der Waals surface area (Å²) in [5.41, 5.74) is 5.54. The van der Waals surface area contributed by atoms with Crippen LogP contribution in [0.2, 0.25) is 0 Å². The van der Waals surface area contributed by atoms with Crippen LogP contribution in [0.5, 0.6) is 0 Å². The number of carbonyl (C=O) groups excluding carboxylic acids is 2. The zero-order chi connectivity index (χ0) is 21.1. The molecule has 0 fully saturated rings. The molecule has 0 bridgehead atoms. The second kappa shape index (κ2) is 8.75. The predicted molar refractivity (Wildman–Crippen MR) is 119 cm³/mol. The largest absolute Gasteiger partial charge is 0.352 e. The van der Waals surface area contributed by atoms with E-state index in [4.69, 9.17) is 0 Å². The Kier molecular flexibility index (Phi) is 5.90. The van der Waals surface area contributed by atoms with E-state index in [9.17, 15) is 9.59 Å². The van der Waals surface area contributed by atoms with Crippen molar-refractivity contribution in [1.29, 1.82) is 0 Å². The fourth-order valence-electron chi connectivity index (χ4n) is 3.48. The number of thioether (sulfide) groups is 1. The van der Waals surface area contributed by atoms with Crippen LogP contribution in [0, 0.1) is 13.8 Å². The van der Waals surface area contributed by atoms with Gasteiger partial charge < -0.3 is 10.6 Å². The molecular weight excluding hydrogens is 396 g/mol. The lowest BCUT2D eigenvalue weighted by molar-refractivity contribution is -0.115. The van der Waals surface area contributed by atoms with Crippen molar-refractivity contribution < 1.29 is 9.59 Å². The van der Waals surface area contributed by atoms with Crippen molar-refractivity contribution in [3.8, 4) is 5.69 Å². The van der Waals surface area contributed by atoms with Crippen molar-refractivity contribution in [2.75, 3.05) is 17.6 Å². The Labute approximate surface area is 180 Å². The molecule has 0 spiro atoms. The number of hydrogen-bond acceptors (Lipinski definition) is 4. The first-order valence-corrected chi connectivity index (χ1v) is 11.0. The Morgan fingerprint density at radius 1 is 1.17 bits per heavy atom. The van der Waals surface area contributed by atoms with E-state index in [1.807, 2.05) is 42.8 Å². The summed E-state index contributed by atoms with van der Waals surface area (Å²) in [6.45, 7) is 4.56. The predicted octanol–water partition coefficient (Wildman–Crippen LogP) is 3.90. The van der Waals surface area contributed by atoms with Gasteiger partial charge in [0, 0.05) is 34.9 Å². The Balaban J connectivity index is 1.35. The van der Waals surface area contributed by atoms with Crippen molar-refractivity contribution in [3.63, 3.8) is 0 Å². The number of nitrogens with one attached hydrogen (secondary N) is 2. The maximum atomic E-state index is 12.5. The molecule has 0 unspecified atom stereocenters. The molecule has 3 aromatic rings. The van der Waals surface area contributed by atoms with Crippen LogP contribution in [0.4, 0.5) is 5.69 Å². The maximum absolute atomic E-state index is 12.5. The lowest BCUT2D eigenvalue weighted by Crippen LogP contribution is -2.25. The van der Waals surface area contributed by atoms with Crippen molar-refractivity contribution in [2.45, 2.75) is 31.6 Å². The molecule has 4 rings (SSSR count). The number of fused-ring (bicyclic) bond motifs is 1. The Morgan fingerprint density at radius 2 is 1.97 bits per heavy atom. The zero-order valence-electron chi connectivity index (χ0n) is 17.1. The molecule has 7 heteroatoms. The molecule has 2 amide bonds. The molecule has 1 aliphatic rings. The first kappa shape index (κ1) is 20.2. The summed E-state index contributed by atoms with van der Waals surface area (Å²) >= 11 is 1.63. The molecule has 154 valence electrons. The van der Waals surface area contributed by atoms with Gasteiger partial charge in [-0.1, -0.05) is 12.1 Å². The normalized spacial score (nSPS) is 13.3. The highest BCUT2D eigenvalue weighted by Crippen LogP contribution is 2.31. The average molecular weight is 421 g/mol. The minimum absolute atomic E-state index is 0.0114. The van der Waals surface area contributed by atoms with E-state index in [1.165, 1.54) is 0 Å². The summed E-state index contributed by atoms with van der Waals surface area (Å²) in [4.78, 5) is 25.3. The highest BCUT2D eigenvalue weighted by molar-refractivity contribution is 7.99. The van der Waals surface area contributed by atoms with Crippen LogP contribution in [0.1, 0.15) is 33.7 Å². The number of hydrogen-bond donors (Lipinski definition) is 2. The fraction of sp³-hybridized carbons (Fsp3) is 0.261. The van der Waals surface area contributed by atoms with Gasteiger partial charge in [-0.05, 0) is 62.2 Å². The topological polar surface area (TPSA) is 76.0 Å². The minimum atomic E-state index is -0.138. The summed E-state index contributed by atoms with van der Waals surface area (Å²) in [7, 11) is 0. The first-order valence-electron chi connectivity index (χ1n) is 9.97. The Hall–Kier alpha value is -3.06. The van der Waals surface area contributed by atoms with E-state index in [-0.39, 0.29) is 11.8 Å². The molecule has 1 aromatic heterocycles. The lowest BCUT2D eigenvalue weighted by Gasteiger charge is -2.10. The van der Waals surface area contributed by atoms with Gasteiger partial charge >= 0.3 is 0 Å². The number of rotatable bonds is 5. The number of nitrogens with zero attached hydrogens (tertiary/aromatic N) is 2. The Bertz CT molecular complexity index is 1090. The molecule has 2 heterocycles. The molecule has 2 N–H and O–H groups in total. The molecule has 6 nitrogen and oxygen atoms in total. The second-order valence-electron chi connectivity index (χ2n) is 7.37. The van der Waals surface area contributed by atoms with E-state index >= 15 is 0 Å². The van der Waals surface area contributed by atoms with E-state index in [0.29, 0.717) is 18.5 Å². The SMILES string of the molecule is Cc1cc(C)n(-c2ccc(CCNC(=O)c3ccc4c(c3)NC(=O)CCS4)cc2)n1. The van der Waals surface area contributed by atoms with Crippen LogP contribution >= 0.6 is 11.8 Å². The van der Waals surface area contributed by atoms with Gasteiger partial charge in [0.15, 0.2) is 0 Å². The van der Waals surface area contributed by atoms with Crippen molar-refractivity contribution >= 4 is 29.3 Å². The number of carbonyl (C=O) groups is 2. The van der Waals surface area contributed by atoms with Crippen molar-refractivity contribution in [1.82, 2.24) is 15.1 Å². The second-order valence-corrected chi connectivity index (χ2v) is 8.51. The van der Waals surface area contributed by atoms with Gasteiger partial charge in [-0.15, -0.1) is 11.8 Å². The molecule has 0 saturated carbocycles. The highest BCUT2D eigenvalue weighted by Gasteiger charge is 2.15. The van der Waals surface area contributed by atoms with E-state index in [2.05, 4.69) is 33.9 Å². The van der Waals surface area contributed by atoms with Crippen LogP contribution in [0.15, 0.2) is 53.4 Å². The summed E-state index contributed by atoms with van der Waals surface area (Å²) in [5.74, 6) is 0.603. The average Bonchev–Trinajstić information content (AvgIpc) is 2.95. The molecular formula is C23H24N4O2S. The van der Waals surface area contributed by atoms with Gasteiger partial charge in [-0.2, -0.15) is 5.10 Å². The maximum Gasteiger partial charge on any atom is 0.251 e. The molecule has 30 heavy (non-hydrogen) atoms. The van der Waals surface area contributed by atoms with Gasteiger partial charge in [0.25, 0.3) is 5.91 Å². The summed E-state index contributed by atoms with van der Waals surface area (Å²) < 4.78 is 1.93. The molecule has 0 aliphatic carbocycles. The fourth-order valence-corrected chi connectivity index (χ4v) is 4.41. The molecule has 0 radical (unpaired) electrons. The molecule has 1 aliphatic heterocycles. The minimum Gasteiger partial charge on any atom is -0.352 e. The summed E-state index contributed by atoms with van der Waals surface area (Å²) in [6.07, 6.45) is 1.22. The summed E-state index contributed by atoms with van der Waals surface area (Å²) in [6, 6.07) is 15.7. The molecule has 0 saturated heterocycles. The van der Waals surface area contributed by atoms with Crippen molar-refractivity contribution in [2.24, 2.45) is 0 Å². The third-order valence-corrected chi connectivity index (χ3v) is 6.07. The highest BCUT2D eigenvalue weighted by atomic mass is 32.2.